The third-order valence-electron chi connectivity index (χ3n) is 4.26. The molecule has 0 aliphatic carbocycles. The van der Waals surface area contributed by atoms with Gasteiger partial charge in [-0.2, -0.15) is 0 Å². The standard InChI is InChI=1S/C15H16BrClO2/c1-3-5-6-9(17)12-10-7-11-15(18-10)13(12)14(19-11)8(16)4-2/h1,5-6,9-13,15H,4,7H2,2H3/b6-5+,14-8+/t9-,10-,11+,12+,13+,15-/m0/s1. The second-order valence-corrected chi connectivity index (χ2v) is 6.69. The van der Waals surface area contributed by atoms with Gasteiger partial charge in [0.25, 0.3) is 0 Å². The van der Waals surface area contributed by atoms with E-state index in [-0.39, 0.29) is 35.5 Å². The highest BCUT2D eigenvalue weighted by atomic mass is 79.9. The summed E-state index contributed by atoms with van der Waals surface area (Å²) in [7, 11) is 0. The number of fused-ring (bicyclic) bond motifs is 1. The fraction of sp³-hybridized carbons (Fsp3) is 0.600. The van der Waals surface area contributed by atoms with Crippen molar-refractivity contribution in [3.8, 4) is 12.3 Å². The zero-order chi connectivity index (χ0) is 13.6. The monoisotopic (exact) mass is 342 g/mol. The summed E-state index contributed by atoms with van der Waals surface area (Å²) < 4.78 is 13.2. The molecule has 19 heavy (non-hydrogen) atoms. The van der Waals surface area contributed by atoms with E-state index < -0.39 is 0 Å². The molecule has 3 aliphatic rings. The number of allylic oxidation sites excluding steroid dienone is 3. The van der Waals surface area contributed by atoms with Crippen LogP contribution < -0.4 is 0 Å². The average Bonchev–Trinajstić information content (AvgIpc) is 3.02. The molecule has 0 spiro atoms. The van der Waals surface area contributed by atoms with Crippen LogP contribution in [0, 0.1) is 24.2 Å². The molecular weight excluding hydrogens is 328 g/mol. The molecule has 6 atom stereocenters. The Morgan fingerprint density at radius 1 is 1.63 bits per heavy atom. The number of hydrogen-bond donors (Lipinski definition) is 0. The van der Waals surface area contributed by atoms with Crippen molar-refractivity contribution in [2.24, 2.45) is 11.8 Å². The van der Waals surface area contributed by atoms with Gasteiger partial charge in [-0.05, 0) is 12.5 Å². The summed E-state index contributed by atoms with van der Waals surface area (Å²) in [5, 5.41) is -0.106. The van der Waals surface area contributed by atoms with E-state index in [2.05, 4.69) is 28.8 Å². The summed E-state index contributed by atoms with van der Waals surface area (Å²) in [6.07, 6.45) is 11.3. The van der Waals surface area contributed by atoms with Gasteiger partial charge in [-0.1, -0.05) is 34.9 Å². The van der Waals surface area contributed by atoms with Crippen molar-refractivity contribution in [1.82, 2.24) is 0 Å². The maximum absolute atomic E-state index is 6.51. The molecule has 3 aliphatic heterocycles. The topological polar surface area (TPSA) is 18.5 Å². The number of rotatable bonds is 3. The van der Waals surface area contributed by atoms with E-state index in [1.54, 1.807) is 6.08 Å². The molecule has 4 heteroatoms. The van der Waals surface area contributed by atoms with Crippen molar-refractivity contribution in [1.29, 1.82) is 0 Å². The lowest BCUT2D eigenvalue weighted by Crippen LogP contribution is -2.34. The van der Waals surface area contributed by atoms with Crippen LogP contribution in [0.5, 0.6) is 0 Å². The van der Waals surface area contributed by atoms with Crippen LogP contribution in [0.2, 0.25) is 0 Å². The molecule has 3 fully saturated rings. The Hall–Kier alpha value is -0.430. The summed E-state index contributed by atoms with van der Waals surface area (Å²) in [5.74, 6) is 4.06. The molecule has 0 aromatic rings. The van der Waals surface area contributed by atoms with Gasteiger partial charge in [0.1, 0.15) is 18.0 Å². The van der Waals surface area contributed by atoms with Gasteiger partial charge in [0.2, 0.25) is 0 Å². The minimum Gasteiger partial charge on any atom is -0.491 e. The number of hydrogen-bond acceptors (Lipinski definition) is 2. The van der Waals surface area contributed by atoms with Crippen LogP contribution in [0.25, 0.3) is 0 Å². The van der Waals surface area contributed by atoms with E-state index in [9.17, 15) is 0 Å². The van der Waals surface area contributed by atoms with Gasteiger partial charge in [-0.25, -0.2) is 0 Å². The van der Waals surface area contributed by atoms with Crippen LogP contribution in [0.4, 0.5) is 0 Å². The lowest BCUT2D eigenvalue weighted by atomic mass is 9.77. The summed E-state index contributed by atoms with van der Waals surface area (Å²) >= 11 is 10.1. The van der Waals surface area contributed by atoms with E-state index in [1.807, 2.05) is 6.08 Å². The molecule has 0 aromatic carbocycles. The Morgan fingerprint density at radius 3 is 3.11 bits per heavy atom. The minimum absolute atomic E-state index is 0.106. The molecule has 0 unspecified atom stereocenters. The maximum Gasteiger partial charge on any atom is 0.128 e. The van der Waals surface area contributed by atoms with Gasteiger partial charge in [0, 0.05) is 16.8 Å². The predicted octanol–water partition coefficient (Wildman–Crippen LogP) is 3.60. The average molecular weight is 344 g/mol. The molecule has 0 radical (unpaired) electrons. The highest BCUT2D eigenvalue weighted by Crippen LogP contribution is 2.56. The van der Waals surface area contributed by atoms with E-state index in [1.165, 1.54) is 0 Å². The molecule has 0 aromatic heterocycles. The first-order valence-corrected chi connectivity index (χ1v) is 7.87. The first-order valence-electron chi connectivity index (χ1n) is 6.64. The summed E-state index contributed by atoms with van der Waals surface area (Å²) in [6.45, 7) is 2.11. The zero-order valence-corrected chi connectivity index (χ0v) is 13.0. The number of alkyl halides is 1. The summed E-state index contributed by atoms with van der Waals surface area (Å²) in [4.78, 5) is 0. The smallest absolute Gasteiger partial charge is 0.128 e. The van der Waals surface area contributed by atoms with Gasteiger partial charge in [0.15, 0.2) is 0 Å². The van der Waals surface area contributed by atoms with Crippen LogP contribution in [-0.2, 0) is 9.47 Å². The largest absolute Gasteiger partial charge is 0.491 e. The van der Waals surface area contributed by atoms with Crippen molar-refractivity contribution in [2.45, 2.75) is 43.5 Å². The Morgan fingerprint density at radius 2 is 2.42 bits per heavy atom. The van der Waals surface area contributed by atoms with Crippen LogP contribution in [0.1, 0.15) is 19.8 Å². The Balaban J connectivity index is 1.91. The number of halogens is 2. The summed E-state index contributed by atoms with van der Waals surface area (Å²) in [5.41, 5.74) is 0. The molecule has 3 saturated heterocycles. The molecular formula is C15H16BrClO2. The van der Waals surface area contributed by atoms with E-state index in [4.69, 9.17) is 27.5 Å². The SMILES string of the molecule is C#C/C=C/[C@H](Cl)[C@H]1[C@@H]2/C(=C(\Br)CC)O[C@@H]3C[C@@H]1O[C@H]23. The van der Waals surface area contributed by atoms with Crippen LogP contribution in [0.15, 0.2) is 22.4 Å². The molecule has 2 nitrogen and oxygen atoms in total. The fourth-order valence-electron chi connectivity index (χ4n) is 3.50. The molecule has 0 N–H and O–H groups in total. The van der Waals surface area contributed by atoms with Crippen molar-refractivity contribution in [3.05, 3.63) is 22.4 Å². The third kappa shape index (κ3) is 2.05. The highest BCUT2D eigenvalue weighted by Gasteiger charge is 2.63. The first-order chi connectivity index (χ1) is 9.17. The second-order valence-electron chi connectivity index (χ2n) is 5.23. The highest BCUT2D eigenvalue weighted by molar-refractivity contribution is 9.11. The van der Waals surface area contributed by atoms with Crippen LogP contribution in [-0.4, -0.2) is 23.7 Å². The lowest BCUT2D eigenvalue weighted by Gasteiger charge is -2.25. The second kappa shape index (κ2) is 5.16. The van der Waals surface area contributed by atoms with E-state index >= 15 is 0 Å². The maximum atomic E-state index is 6.51. The minimum atomic E-state index is -0.106. The number of terminal acetylenes is 1. The normalized spacial score (nSPS) is 43.4. The Kier molecular flexibility index (Phi) is 3.68. The van der Waals surface area contributed by atoms with Crippen molar-refractivity contribution >= 4 is 27.5 Å². The van der Waals surface area contributed by atoms with Gasteiger partial charge >= 0.3 is 0 Å². The zero-order valence-electron chi connectivity index (χ0n) is 10.7. The number of ether oxygens (including phenoxy) is 2. The van der Waals surface area contributed by atoms with Gasteiger partial charge < -0.3 is 9.47 Å². The quantitative estimate of drug-likeness (QED) is 0.576. The Labute approximate surface area is 127 Å². The van der Waals surface area contributed by atoms with Gasteiger partial charge in [0.05, 0.1) is 17.4 Å². The molecule has 0 saturated carbocycles. The first kappa shape index (κ1) is 13.5. The molecule has 3 heterocycles. The third-order valence-corrected chi connectivity index (χ3v) is 5.65. The molecule has 0 amide bonds. The van der Waals surface area contributed by atoms with E-state index in [0.717, 1.165) is 23.1 Å². The lowest BCUT2D eigenvalue weighted by molar-refractivity contribution is 0.0690. The van der Waals surface area contributed by atoms with Crippen LogP contribution >= 0.6 is 27.5 Å². The Bertz CT molecular complexity index is 477. The summed E-state index contributed by atoms with van der Waals surface area (Å²) in [6, 6.07) is 0. The van der Waals surface area contributed by atoms with Gasteiger partial charge in [-0.3, -0.25) is 0 Å². The fourth-order valence-corrected chi connectivity index (χ4v) is 4.25. The molecule has 102 valence electrons. The van der Waals surface area contributed by atoms with Crippen molar-refractivity contribution in [2.75, 3.05) is 0 Å². The van der Waals surface area contributed by atoms with Crippen molar-refractivity contribution < 1.29 is 9.47 Å². The molecule has 3 rings (SSSR count). The van der Waals surface area contributed by atoms with E-state index in [0.29, 0.717) is 0 Å². The predicted molar refractivity (Wildman–Crippen MR) is 79.0 cm³/mol. The molecule has 2 bridgehead atoms. The van der Waals surface area contributed by atoms with Crippen molar-refractivity contribution in [3.63, 3.8) is 0 Å². The van der Waals surface area contributed by atoms with Crippen LogP contribution in [0.3, 0.4) is 0 Å². The van der Waals surface area contributed by atoms with Gasteiger partial charge in [-0.15, -0.1) is 18.0 Å².